The van der Waals surface area contributed by atoms with Gasteiger partial charge in [-0.3, -0.25) is 9.59 Å². The molecule has 2 rings (SSSR count). The van der Waals surface area contributed by atoms with E-state index in [1.54, 1.807) is 7.05 Å². The highest BCUT2D eigenvalue weighted by Gasteiger charge is 2.18. The van der Waals surface area contributed by atoms with Crippen molar-refractivity contribution >= 4 is 27.3 Å². The van der Waals surface area contributed by atoms with Crippen LogP contribution >= 0.6 is 0 Å². The molecule has 138 valence electrons. The van der Waals surface area contributed by atoms with Gasteiger partial charge in [-0.15, -0.1) is 0 Å². The third-order valence-electron chi connectivity index (χ3n) is 3.81. The van der Waals surface area contributed by atoms with Crippen molar-refractivity contribution in [2.45, 2.75) is 24.8 Å². The van der Waals surface area contributed by atoms with Gasteiger partial charge in [0.2, 0.25) is 11.8 Å². The minimum Gasteiger partial charge on any atom is -0.341 e. The first-order valence-corrected chi connectivity index (χ1v) is 9.81. The first kappa shape index (κ1) is 19.7. The lowest BCUT2D eigenvalue weighted by molar-refractivity contribution is -0.130. The predicted molar refractivity (Wildman–Crippen MR) is 100 cm³/mol. The van der Waals surface area contributed by atoms with E-state index in [1.165, 1.54) is 36.1 Å². The smallest absolute Gasteiger partial charge is 0.223 e. The van der Waals surface area contributed by atoms with Crippen LogP contribution in [0, 0.1) is 0 Å². The van der Waals surface area contributed by atoms with Crippen LogP contribution in [0.3, 0.4) is 0 Å². The number of benzene rings is 2. The second kappa shape index (κ2) is 8.62. The molecule has 2 aromatic carbocycles. The van der Waals surface area contributed by atoms with Gasteiger partial charge in [0.1, 0.15) is 0 Å². The summed E-state index contributed by atoms with van der Waals surface area (Å²) in [6.45, 7) is 1.81. The summed E-state index contributed by atoms with van der Waals surface area (Å²) in [5, 5.41) is 2.58. The second-order valence-electron chi connectivity index (χ2n) is 6.01. The van der Waals surface area contributed by atoms with E-state index >= 15 is 0 Å². The van der Waals surface area contributed by atoms with Gasteiger partial charge in [0.15, 0.2) is 9.84 Å². The topological polar surface area (TPSA) is 83.5 Å². The number of hydrogen-bond donors (Lipinski definition) is 1. The lowest BCUT2D eigenvalue weighted by Gasteiger charge is -2.17. The van der Waals surface area contributed by atoms with Crippen LogP contribution in [0.1, 0.15) is 18.9 Å². The number of carbonyl (C=O) groups is 2. The zero-order chi connectivity index (χ0) is 19.2. The fourth-order valence-electron chi connectivity index (χ4n) is 2.42. The van der Waals surface area contributed by atoms with Gasteiger partial charge in [-0.25, -0.2) is 8.42 Å². The highest BCUT2D eigenvalue weighted by atomic mass is 32.2. The summed E-state index contributed by atoms with van der Waals surface area (Å²) < 4.78 is 24.8. The molecule has 7 heteroatoms. The van der Waals surface area contributed by atoms with Crippen LogP contribution in [0.15, 0.2) is 59.5 Å². The Morgan fingerprint density at radius 3 is 2.19 bits per heavy atom. The van der Waals surface area contributed by atoms with Gasteiger partial charge in [0, 0.05) is 32.6 Å². The summed E-state index contributed by atoms with van der Waals surface area (Å²) in [6, 6.07) is 15.4. The molecule has 0 aromatic heterocycles. The van der Waals surface area contributed by atoms with E-state index in [-0.39, 0.29) is 28.9 Å². The van der Waals surface area contributed by atoms with E-state index in [9.17, 15) is 18.0 Å². The van der Waals surface area contributed by atoms with Crippen molar-refractivity contribution in [3.05, 3.63) is 60.2 Å². The van der Waals surface area contributed by atoms with Gasteiger partial charge < -0.3 is 10.2 Å². The first-order chi connectivity index (χ1) is 12.3. The number of nitrogens with one attached hydrogen (secondary N) is 1. The molecule has 0 fully saturated rings. The Morgan fingerprint density at radius 1 is 1.00 bits per heavy atom. The third-order valence-corrected chi connectivity index (χ3v) is 5.54. The van der Waals surface area contributed by atoms with E-state index in [1.807, 2.05) is 30.3 Å². The molecule has 2 aromatic rings. The average molecular weight is 374 g/mol. The number of carbonyl (C=O) groups excluding carboxylic acids is 2. The predicted octanol–water partition coefficient (Wildman–Crippen LogP) is 2.47. The summed E-state index contributed by atoms with van der Waals surface area (Å²) in [7, 11) is -1.91. The van der Waals surface area contributed by atoms with Crippen LogP contribution in [0.5, 0.6) is 0 Å². The molecule has 0 saturated heterocycles. The average Bonchev–Trinajstić information content (AvgIpc) is 2.60. The second-order valence-corrected chi connectivity index (χ2v) is 8.12. The van der Waals surface area contributed by atoms with Crippen molar-refractivity contribution in [1.82, 2.24) is 4.90 Å². The molecule has 0 saturated carbocycles. The Morgan fingerprint density at radius 2 is 1.62 bits per heavy atom. The van der Waals surface area contributed by atoms with Crippen LogP contribution in [-0.2, 0) is 26.0 Å². The summed E-state index contributed by atoms with van der Waals surface area (Å²) in [5.41, 5.74) is 1.51. The molecular weight excluding hydrogens is 352 g/mol. The van der Waals surface area contributed by atoms with Gasteiger partial charge >= 0.3 is 0 Å². The van der Waals surface area contributed by atoms with Gasteiger partial charge in [-0.2, -0.15) is 0 Å². The van der Waals surface area contributed by atoms with Gasteiger partial charge in [0.05, 0.1) is 10.6 Å². The summed E-state index contributed by atoms with van der Waals surface area (Å²) >= 11 is 0. The normalized spacial score (nSPS) is 11.0. The summed E-state index contributed by atoms with van der Waals surface area (Å²) in [5.74, 6) is -0.718. The molecule has 0 bridgehead atoms. The Hall–Kier alpha value is -2.67. The van der Waals surface area contributed by atoms with Crippen molar-refractivity contribution < 1.29 is 18.0 Å². The first-order valence-electron chi connectivity index (χ1n) is 8.16. The number of rotatable bonds is 7. The van der Waals surface area contributed by atoms with E-state index < -0.39 is 9.84 Å². The Balaban J connectivity index is 1.94. The molecule has 6 nitrogen and oxygen atoms in total. The monoisotopic (exact) mass is 374 g/mol. The van der Waals surface area contributed by atoms with Crippen molar-refractivity contribution in [2.24, 2.45) is 0 Å². The van der Waals surface area contributed by atoms with Crippen LogP contribution in [0.4, 0.5) is 5.69 Å². The fourth-order valence-corrected chi connectivity index (χ4v) is 3.65. The van der Waals surface area contributed by atoms with Crippen molar-refractivity contribution in [1.29, 1.82) is 0 Å². The molecule has 0 heterocycles. The van der Waals surface area contributed by atoms with Gasteiger partial charge in [-0.1, -0.05) is 30.3 Å². The van der Waals surface area contributed by atoms with Crippen LogP contribution < -0.4 is 5.32 Å². The molecule has 0 atom stereocenters. The van der Waals surface area contributed by atoms with E-state index in [2.05, 4.69) is 5.32 Å². The maximum atomic E-state index is 12.4. The van der Waals surface area contributed by atoms with Crippen LogP contribution in [0.25, 0.3) is 0 Å². The number of nitrogens with zero attached hydrogens (tertiary/aromatic N) is 1. The molecule has 0 aliphatic heterocycles. The van der Waals surface area contributed by atoms with Crippen molar-refractivity contribution in [2.75, 3.05) is 18.1 Å². The quantitative estimate of drug-likeness (QED) is 0.807. The minimum absolute atomic E-state index is 0.0842. The van der Waals surface area contributed by atoms with E-state index in [0.29, 0.717) is 12.2 Å². The lowest BCUT2D eigenvalue weighted by atomic mass is 10.2. The Bertz CT molecular complexity index is 862. The zero-order valence-corrected chi connectivity index (χ0v) is 15.6. The lowest BCUT2D eigenvalue weighted by Crippen LogP contribution is -2.28. The molecule has 0 aliphatic rings. The molecule has 0 radical (unpaired) electrons. The molecule has 2 amide bonds. The van der Waals surface area contributed by atoms with Crippen molar-refractivity contribution in [3.63, 3.8) is 0 Å². The number of hydrogen-bond acceptors (Lipinski definition) is 4. The third kappa shape index (κ3) is 5.70. The maximum Gasteiger partial charge on any atom is 0.223 e. The van der Waals surface area contributed by atoms with Gasteiger partial charge in [-0.05, 0) is 29.8 Å². The number of amides is 2. The largest absolute Gasteiger partial charge is 0.341 e. The molecule has 1 N–H and O–H groups in total. The maximum absolute atomic E-state index is 12.4. The molecular formula is C19H22N2O4S. The number of anilines is 1. The standard InChI is InChI=1S/C19H22N2O4S/c1-15(22)20-17-8-10-18(11-9-17)26(24,25)13-12-19(23)21(2)14-16-6-4-3-5-7-16/h3-11H,12-14H2,1-2H3,(H,20,22). The highest BCUT2D eigenvalue weighted by molar-refractivity contribution is 7.91. The minimum atomic E-state index is -3.57. The Labute approximate surface area is 153 Å². The fraction of sp³-hybridized carbons (Fsp3) is 0.263. The Kier molecular flexibility index (Phi) is 6.52. The SMILES string of the molecule is CC(=O)Nc1ccc(S(=O)(=O)CCC(=O)N(C)Cc2ccccc2)cc1. The molecule has 0 aliphatic carbocycles. The molecule has 0 unspecified atom stereocenters. The van der Waals surface area contributed by atoms with E-state index in [4.69, 9.17) is 0 Å². The molecule has 26 heavy (non-hydrogen) atoms. The number of sulfone groups is 1. The van der Waals surface area contributed by atoms with E-state index in [0.717, 1.165) is 5.56 Å². The molecule has 0 spiro atoms. The van der Waals surface area contributed by atoms with Crippen molar-refractivity contribution in [3.8, 4) is 0 Å². The summed E-state index contributed by atoms with van der Waals surface area (Å²) in [6.07, 6.45) is -0.0842. The summed E-state index contributed by atoms with van der Waals surface area (Å²) in [4.78, 5) is 24.9. The van der Waals surface area contributed by atoms with Crippen LogP contribution in [0.2, 0.25) is 0 Å². The zero-order valence-electron chi connectivity index (χ0n) is 14.8. The van der Waals surface area contributed by atoms with Crippen LogP contribution in [-0.4, -0.2) is 37.9 Å². The highest BCUT2D eigenvalue weighted by Crippen LogP contribution is 2.16. The van der Waals surface area contributed by atoms with Gasteiger partial charge in [0.25, 0.3) is 0 Å².